The lowest BCUT2D eigenvalue weighted by Gasteiger charge is -2.20. The number of aryl methyl sites for hydroxylation is 2. The van der Waals surface area contributed by atoms with Crippen LogP contribution in [-0.2, 0) is 0 Å². The van der Waals surface area contributed by atoms with Crippen molar-refractivity contribution in [2.45, 2.75) is 34.6 Å². The second-order valence-electron chi connectivity index (χ2n) is 5.20. The monoisotopic (exact) mass is 252 g/mol. The third-order valence-electron chi connectivity index (χ3n) is 3.39. The van der Waals surface area contributed by atoms with Crippen LogP contribution in [0.25, 0.3) is 0 Å². The standard InChI is InChI=1S/C15H24OS/c1-10(2)14(9-17)8-16-15-7-11(3)6-12(4)13(15)5/h6-7,10,14,17H,8-9H2,1-5H3. The van der Waals surface area contributed by atoms with Gasteiger partial charge in [0.1, 0.15) is 5.75 Å². The van der Waals surface area contributed by atoms with Crippen molar-refractivity contribution in [2.75, 3.05) is 12.4 Å². The van der Waals surface area contributed by atoms with Crippen molar-refractivity contribution in [3.63, 3.8) is 0 Å². The minimum Gasteiger partial charge on any atom is -0.493 e. The molecule has 0 aliphatic heterocycles. The third kappa shape index (κ3) is 3.95. The molecule has 0 radical (unpaired) electrons. The van der Waals surface area contributed by atoms with E-state index in [2.05, 4.69) is 59.4 Å². The average Bonchev–Trinajstić information content (AvgIpc) is 2.25. The summed E-state index contributed by atoms with van der Waals surface area (Å²) in [5.74, 6) is 3.02. The molecule has 0 amide bonds. The highest BCUT2D eigenvalue weighted by Gasteiger charge is 2.13. The van der Waals surface area contributed by atoms with Crippen molar-refractivity contribution < 1.29 is 4.74 Å². The van der Waals surface area contributed by atoms with Crippen molar-refractivity contribution in [3.8, 4) is 5.75 Å². The Morgan fingerprint density at radius 2 is 1.82 bits per heavy atom. The van der Waals surface area contributed by atoms with Crippen molar-refractivity contribution in [3.05, 3.63) is 28.8 Å². The first-order valence-corrected chi connectivity index (χ1v) is 6.90. The van der Waals surface area contributed by atoms with Gasteiger partial charge in [0.25, 0.3) is 0 Å². The topological polar surface area (TPSA) is 9.23 Å². The molecular formula is C15H24OS. The number of ether oxygens (including phenoxy) is 1. The highest BCUT2D eigenvalue weighted by atomic mass is 32.1. The van der Waals surface area contributed by atoms with Gasteiger partial charge in [0, 0.05) is 5.92 Å². The van der Waals surface area contributed by atoms with Crippen LogP contribution in [0.4, 0.5) is 0 Å². The Hall–Kier alpha value is -0.630. The molecule has 0 aromatic heterocycles. The van der Waals surface area contributed by atoms with Crippen molar-refractivity contribution in [2.24, 2.45) is 11.8 Å². The summed E-state index contributed by atoms with van der Waals surface area (Å²) in [6.07, 6.45) is 0. The molecule has 0 N–H and O–H groups in total. The first-order valence-electron chi connectivity index (χ1n) is 6.27. The number of benzene rings is 1. The summed E-state index contributed by atoms with van der Waals surface area (Å²) in [6, 6.07) is 4.32. The highest BCUT2D eigenvalue weighted by Crippen LogP contribution is 2.24. The van der Waals surface area contributed by atoms with E-state index >= 15 is 0 Å². The SMILES string of the molecule is Cc1cc(C)c(C)c(OCC(CS)C(C)C)c1. The van der Waals surface area contributed by atoms with Crippen LogP contribution in [0.2, 0.25) is 0 Å². The van der Waals surface area contributed by atoms with Crippen molar-refractivity contribution in [1.82, 2.24) is 0 Å². The van der Waals surface area contributed by atoms with Crippen molar-refractivity contribution >= 4 is 12.6 Å². The Labute approximate surface area is 111 Å². The zero-order valence-electron chi connectivity index (χ0n) is 11.6. The summed E-state index contributed by atoms with van der Waals surface area (Å²) >= 11 is 4.39. The van der Waals surface area contributed by atoms with Gasteiger partial charge in [-0.1, -0.05) is 19.9 Å². The summed E-state index contributed by atoms with van der Waals surface area (Å²) < 4.78 is 5.96. The molecule has 1 aromatic carbocycles. The molecule has 2 heteroatoms. The van der Waals surface area contributed by atoms with E-state index in [9.17, 15) is 0 Å². The highest BCUT2D eigenvalue weighted by molar-refractivity contribution is 7.80. The van der Waals surface area contributed by atoms with Crippen LogP contribution in [-0.4, -0.2) is 12.4 Å². The summed E-state index contributed by atoms with van der Waals surface area (Å²) in [5, 5.41) is 0. The number of hydrogen-bond acceptors (Lipinski definition) is 2. The summed E-state index contributed by atoms with van der Waals surface area (Å²) in [5.41, 5.74) is 3.80. The predicted molar refractivity (Wildman–Crippen MR) is 78.3 cm³/mol. The van der Waals surface area contributed by atoms with Crippen LogP contribution in [0.5, 0.6) is 5.75 Å². The van der Waals surface area contributed by atoms with Gasteiger partial charge in [-0.05, 0) is 55.2 Å². The Morgan fingerprint density at radius 3 is 2.35 bits per heavy atom. The molecule has 1 aromatic rings. The fraction of sp³-hybridized carbons (Fsp3) is 0.600. The van der Waals surface area contributed by atoms with Gasteiger partial charge in [-0.25, -0.2) is 0 Å². The van der Waals surface area contributed by atoms with Crippen LogP contribution >= 0.6 is 12.6 Å². The maximum Gasteiger partial charge on any atom is 0.122 e. The van der Waals surface area contributed by atoms with Gasteiger partial charge < -0.3 is 4.74 Å². The van der Waals surface area contributed by atoms with E-state index in [-0.39, 0.29) is 0 Å². The van der Waals surface area contributed by atoms with E-state index in [4.69, 9.17) is 4.74 Å². The number of hydrogen-bond donors (Lipinski definition) is 1. The van der Waals surface area contributed by atoms with Crippen LogP contribution in [0.1, 0.15) is 30.5 Å². The van der Waals surface area contributed by atoms with E-state index in [1.807, 2.05) is 0 Å². The molecule has 1 rings (SSSR count). The minimum absolute atomic E-state index is 0.513. The van der Waals surface area contributed by atoms with Gasteiger partial charge in [0.2, 0.25) is 0 Å². The van der Waals surface area contributed by atoms with Crippen LogP contribution < -0.4 is 4.74 Å². The second kappa shape index (κ2) is 6.34. The minimum atomic E-state index is 0.513. The fourth-order valence-corrected chi connectivity index (χ4v) is 2.33. The first-order chi connectivity index (χ1) is 7.95. The quantitative estimate of drug-likeness (QED) is 0.773. The molecule has 0 saturated heterocycles. The lowest BCUT2D eigenvalue weighted by molar-refractivity contribution is 0.225. The van der Waals surface area contributed by atoms with E-state index in [1.165, 1.54) is 16.7 Å². The fourth-order valence-electron chi connectivity index (χ4n) is 1.80. The van der Waals surface area contributed by atoms with Gasteiger partial charge in [-0.2, -0.15) is 12.6 Å². The van der Waals surface area contributed by atoms with Gasteiger partial charge in [0.15, 0.2) is 0 Å². The smallest absolute Gasteiger partial charge is 0.122 e. The van der Waals surface area contributed by atoms with Crippen LogP contribution in [0, 0.1) is 32.6 Å². The maximum atomic E-state index is 5.96. The average molecular weight is 252 g/mol. The Bertz CT molecular complexity index is 371. The molecule has 1 unspecified atom stereocenters. The molecule has 96 valence electrons. The maximum absolute atomic E-state index is 5.96. The van der Waals surface area contributed by atoms with Crippen LogP contribution in [0.3, 0.4) is 0 Å². The second-order valence-corrected chi connectivity index (χ2v) is 5.57. The van der Waals surface area contributed by atoms with Gasteiger partial charge in [-0.3, -0.25) is 0 Å². The Kier molecular flexibility index (Phi) is 5.38. The van der Waals surface area contributed by atoms with Crippen molar-refractivity contribution in [1.29, 1.82) is 0 Å². The molecule has 0 fully saturated rings. The normalized spacial score (nSPS) is 12.9. The predicted octanol–water partition coefficient (Wildman–Crippen LogP) is 4.19. The molecule has 1 atom stereocenters. The van der Waals surface area contributed by atoms with E-state index in [0.29, 0.717) is 11.8 Å². The molecule has 0 saturated carbocycles. The van der Waals surface area contributed by atoms with Gasteiger partial charge >= 0.3 is 0 Å². The summed E-state index contributed by atoms with van der Waals surface area (Å²) in [7, 11) is 0. The molecule has 17 heavy (non-hydrogen) atoms. The lowest BCUT2D eigenvalue weighted by Crippen LogP contribution is -2.19. The van der Waals surface area contributed by atoms with E-state index in [1.54, 1.807) is 0 Å². The van der Waals surface area contributed by atoms with Gasteiger partial charge in [-0.15, -0.1) is 0 Å². The lowest BCUT2D eigenvalue weighted by atomic mass is 9.99. The summed E-state index contributed by atoms with van der Waals surface area (Å²) in [4.78, 5) is 0. The Balaban J connectivity index is 2.75. The molecule has 0 bridgehead atoms. The molecule has 1 nitrogen and oxygen atoms in total. The Morgan fingerprint density at radius 1 is 1.18 bits per heavy atom. The third-order valence-corrected chi connectivity index (χ3v) is 3.86. The molecule has 0 spiro atoms. The van der Waals surface area contributed by atoms with Crippen LogP contribution in [0.15, 0.2) is 12.1 Å². The molecular weight excluding hydrogens is 228 g/mol. The molecule has 0 heterocycles. The first kappa shape index (κ1) is 14.4. The van der Waals surface area contributed by atoms with E-state index < -0.39 is 0 Å². The number of rotatable bonds is 5. The zero-order valence-corrected chi connectivity index (χ0v) is 12.5. The summed E-state index contributed by atoms with van der Waals surface area (Å²) in [6.45, 7) is 11.6. The largest absolute Gasteiger partial charge is 0.493 e. The molecule has 0 aliphatic rings. The number of thiol groups is 1. The molecule has 0 aliphatic carbocycles. The van der Waals surface area contributed by atoms with E-state index in [0.717, 1.165) is 18.1 Å². The zero-order chi connectivity index (χ0) is 13.0. The van der Waals surface area contributed by atoms with Gasteiger partial charge in [0.05, 0.1) is 6.61 Å².